The maximum Gasteiger partial charge on any atom is 0.203 e. The van der Waals surface area contributed by atoms with Gasteiger partial charge in [-0.1, -0.05) is 6.08 Å². The van der Waals surface area contributed by atoms with Gasteiger partial charge in [-0.15, -0.1) is 0 Å². The largest absolute Gasteiger partial charge is 0.507 e. The molecule has 2 aromatic carbocycles. The molecule has 156 valence electrons. The van der Waals surface area contributed by atoms with Crippen LogP contribution in [0.25, 0.3) is 6.08 Å². The molecular formula is C21H24O8. The van der Waals surface area contributed by atoms with Crippen molar-refractivity contribution in [2.75, 3.05) is 42.3 Å². The fourth-order valence-electron chi connectivity index (χ4n) is 2.65. The fraction of sp³-hybridized carbons (Fsp3) is 0.286. The molecule has 2 aromatic rings. The summed E-state index contributed by atoms with van der Waals surface area (Å²) in [6.07, 6.45) is 2.88. The Kier molecular flexibility index (Phi) is 7.73. The number of benzene rings is 2. The van der Waals surface area contributed by atoms with E-state index in [1.807, 2.05) is 0 Å². The highest BCUT2D eigenvalue weighted by Crippen LogP contribution is 2.39. The molecule has 8 nitrogen and oxygen atoms in total. The zero-order valence-electron chi connectivity index (χ0n) is 17.0. The van der Waals surface area contributed by atoms with Crippen molar-refractivity contribution in [3.8, 4) is 34.5 Å². The van der Waals surface area contributed by atoms with Gasteiger partial charge in [0.1, 0.15) is 22.8 Å². The molecule has 2 rings (SSSR count). The van der Waals surface area contributed by atoms with E-state index in [9.17, 15) is 9.90 Å². The molecule has 8 heteroatoms. The van der Waals surface area contributed by atoms with Gasteiger partial charge in [0.25, 0.3) is 0 Å². The van der Waals surface area contributed by atoms with Crippen molar-refractivity contribution >= 4 is 11.9 Å². The topological polar surface area (TPSA) is 92.7 Å². The lowest BCUT2D eigenvalue weighted by Gasteiger charge is -2.13. The Labute approximate surface area is 169 Å². The third-order valence-corrected chi connectivity index (χ3v) is 3.98. The minimum atomic E-state index is -0.452. The van der Waals surface area contributed by atoms with Crippen LogP contribution in [0.1, 0.15) is 15.9 Å². The van der Waals surface area contributed by atoms with E-state index in [4.69, 9.17) is 28.4 Å². The van der Waals surface area contributed by atoms with Crippen LogP contribution in [0.2, 0.25) is 0 Å². The second-order valence-electron chi connectivity index (χ2n) is 5.73. The van der Waals surface area contributed by atoms with Crippen LogP contribution in [0.3, 0.4) is 0 Å². The normalized spacial score (nSPS) is 10.7. The van der Waals surface area contributed by atoms with Crippen molar-refractivity contribution in [3.05, 3.63) is 41.5 Å². The predicted octanol–water partition coefficient (Wildman–Crippen LogP) is 3.31. The lowest BCUT2D eigenvalue weighted by atomic mass is 10.1. The first kappa shape index (κ1) is 21.9. The van der Waals surface area contributed by atoms with Crippen molar-refractivity contribution in [1.29, 1.82) is 0 Å². The van der Waals surface area contributed by atoms with Crippen molar-refractivity contribution in [2.24, 2.45) is 0 Å². The van der Waals surface area contributed by atoms with Crippen molar-refractivity contribution < 1.29 is 38.3 Å². The van der Waals surface area contributed by atoms with Crippen LogP contribution in [0.15, 0.2) is 30.3 Å². The molecule has 0 aromatic heterocycles. The molecule has 29 heavy (non-hydrogen) atoms. The van der Waals surface area contributed by atoms with Gasteiger partial charge in [0.05, 0.1) is 28.4 Å². The highest BCUT2D eigenvalue weighted by atomic mass is 16.7. The Morgan fingerprint density at radius 3 is 2.03 bits per heavy atom. The Hall–Kier alpha value is -3.39. The first-order valence-electron chi connectivity index (χ1n) is 8.54. The highest BCUT2D eigenvalue weighted by molar-refractivity contribution is 6.10. The molecule has 0 saturated heterocycles. The van der Waals surface area contributed by atoms with Gasteiger partial charge in [0, 0.05) is 19.2 Å². The van der Waals surface area contributed by atoms with E-state index in [2.05, 4.69) is 0 Å². The first-order valence-corrected chi connectivity index (χ1v) is 8.54. The van der Waals surface area contributed by atoms with Crippen LogP contribution in [0.4, 0.5) is 0 Å². The number of phenols is 1. The van der Waals surface area contributed by atoms with Gasteiger partial charge in [-0.2, -0.15) is 0 Å². The second kappa shape index (κ2) is 10.2. The summed E-state index contributed by atoms with van der Waals surface area (Å²) in [5.74, 6) is 1.13. The fourth-order valence-corrected chi connectivity index (χ4v) is 2.65. The third kappa shape index (κ3) is 5.11. The molecule has 0 fully saturated rings. The molecule has 0 radical (unpaired) electrons. The van der Waals surface area contributed by atoms with E-state index >= 15 is 0 Å². The molecule has 0 atom stereocenters. The molecule has 0 amide bonds. The zero-order chi connectivity index (χ0) is 21.4. The average molecular weight is 404 g/mol. The number of ether oxygens (including phenoxy) is 6. The van der Waals surface area contributed by atoms with Crippen LogP contribution in [0, 0.1) is 0 Å². The Balaban J connectivity index is 2.36. The number of ketones is 1. The standard InChI is InChI=1S/C21H24O8/c1-24-12-29-14-10-16(23)20(17(11-14)25-2)15(22)7-6-13-8-18(26-3)21(28-5)19(9-13)27-4/h6-11,23H,12H2,1-5H3. The zero-order valence-corrected chi connectivity index (χ0v) is 17.0. The maximum absolute atomic E-state index is 12.7. The Bertz CT molecular complexity index is 863. The molecule has 0 spiro atoms. The third-order valence-electron chi connectivity index (χ3n) is 3.98. The Morgan fingerprint density at radius 2 is 1.52 bits per heavy atom. The summed E-state index contributed by atoms with van der Waals surface area (Å²) in [6, 6.07) is 6.22. The van der Waals surface area contributed by atoms with Crippen LogP contribution in [-0.4, -0.2) is 53.2 Å². The summed E-state index contributed by atoms with van der Waals surface area (Å²) in [7, 11) is 7.39. The molecule has 0 aliphatic carbocycles. The van der Waals surface area contributed by atoms with E-state index in [0.717, 1.165) is 0 Å². The maximum atomic E-state index is 12.7. The van der Waals surface area contributed by atoms with Crippen LogP contribution in [-0.2, 0) is 4.74 Å². The molecule has 0 saturated carbocycles. The van der Waals surface area contributed by atoms with E-state index < -0.39 is 5.78 Å². The summed E-state index contributed by atoms with van der Waals surface area (Å²) >= 11 is 0. The van der Waals surface area contributed by atoms with Crippen LogP contribution >= 0.6 is 0 Å². The van der Waals surface area contributed by atoms with Gasteiger partial charge in [0.2, 0.25) is 5.75 Å². The molecule has 0 heterocycles. The summed E-state index contributed by atoms with van der Waals surface area (Å²) in [6.45, 7) is -0.00305. The van der Waals surface area contributed by atoms with Gasteiger partial charge in [-0.05, 0) is 23.8 Å². The lowest BCUT2D eigenvalue weighted by Crippen LogP contribution is -2.03. The highest BCUT2D eigenvalue weighted by Gasteiger charge is 2.18. The van der Waals surface area contributed by atoms with Crippen molar-refractivity contribution in [3.63, 3.8) is 0 Å². The SMILES string of the molecule is COCOc1cc(O)c(C(=O)C=Cc2cc(OC)c(OC)c(OC)c2)c(OC)c1. The summed E-state index contributed by atoms with van der Waals surface area (Å²) in [4.78, 5) is 12.7. The number of methoxy groups -OCH3 is 5. The van der Waals surface area contributed by atoms with E-state index in [1.54, 1.807) is 18.2 Å². The smallest absolute Gasteiger partial charge is 0.203 e. The molecule has 0 unspecified atom stereocenters. The number of hydrogen-bond donors (Lipinski definition) is 1. The van der Waals surface area contributed by atoms with Crippen LogP contribution < -0.4 is 23.7 Å². The number of allylic oxidation sites excluding steroid dienone is 1. The minimum absolute atomic E-state index is 0.00305. The number of rotatable bonds is 10. The number of aromatic hydroxyl groups is 1. The first-order chi connectivity index (χ1) is 14.0. The van der Waals surface area contributed by atoms with E-state index in [0.29, 0.717) is 28.6 Å². The number of carbonyl (C=O) groups is 1. The summed E-state index contributed by atoms with van der Waals surface area (Å²) in [5.41, 5.74) is 0.660. The quantitative estimate of drug-likeness (QED) is 0.366. The number of phenolic OH excluding ortho intramolecular Hbond substituents is 1. The van der Waals surface area contributed by atoms with Gasteiger partial charge in [-0.25, -0.2) is 0 Å². The van der Waals surface area contributed by atoms with Crippen molar-refractivity contribution in [2.45, 2.75) is 0 Å². The second-order valence-corrected chi connectivity index (χ2v) is 5.73. The molecular weight excluding hydrogens is 380 g/mol. The summed E-state index contributed by atoms with van der Waals surface area (Å²) in [5, 5.41) is 10.3. The van der Waals surface area contributed by atoms with Crippen LogP contribution in [0.5, 0.6) is 34.5 Å². The monoisotopic (exact) mass is 404 g/mol. The predicted molar refractivity (Wildman–Crippen MR) is 107 cm³/mol. The van der Waals surface area contributed by atoms with Crippen molar-refractivity contribution in [1.82, 2.24) is 0 Å². The lowest BCUT2D eigenvalue weighted by molar-refractivity contribution is 0.0508. The van der Waals surface area contributed by atoms with Gasteiger partial charge in [-0.3, -0.25) is 4.79 Å². The Morgan fingerprint density at radius 1 is 0.897 bits per heavy atom. The average Bonchev–Trinajstić information content (AvgIpc) is 2.74. The van der Waals surface area contributed by atoms with Gasteiger partial charge >= 0.3 is 0 Å². The van der Waals surface area contributed by atoms with E-state index in [1.165, 1.54) is 53.8 Å². The van der Waals surface area contributed by atoms with E-state index in [-0.39, 0.29) is 23.9 Å². The number of hydrogen-bond acceptors (Lipinski definition) is 8. The molecule has 0 aliphatic rings. The molecule has 1 N–H and O–H groups in total. The minimum Gasteiger partial charge on any atom is -0.507 e. The number of carbonyl (C=O) groups excluding carboxylic acids is 1. The van der Waals surface area contributed by atoms with Gasteiger partial charge < -0.3 is 33.5 Å². The van der Waals surface area contributed by atoms with Gasteiger partial charge in [0.15, 0.2) is 24.1 Å². The molecule has 0 aliphatic heterocycles. The molecule has 0 bridgehead atoms. The summed E-state index contributed by atoms with van der Waals surface area (Å²) < 4.78 is 31.2.